The van der Waals surface area contributed by atoms with Gasteiger partial charge in [0.05, 0.1) is 34.7 Å². The standard InChI is InChI=1S/C18H23N5O3S2/c1-12-15(13(2)23(20-12)14-6-8-28(24,25)11-14)9-22(3)10-17-19-18(21-26-17)16-5-4-7-27-16/h4-5,7,14H,6,8-11H2,1-3H3. The van der Waals surface area contributed by atoms with Crippen LogP contribution in [0, 0.1) is 13.8 Å². The molecule has 1 fully saturated rings. The van der Waals surface area contributed by atoms with Crippen LogP contribution in [0.4, 0.5) is 0 Å². The van der Waals surface area contributed by atoms with E-state index in [1.165, 1.54) is 0 Å². The fourth-order valence-electron chi connectivity index (χ4n) is 3.63. The van der Waals surface area contributed by atoms with Gasteiger partial charge < -0.3 is 4.52 Å². The van der Waals surface area contributed by atoms with Gasteiger partial charge in [0.25, 0.3) is 0 Å². The van der Waals surface area contributed by atoms with Crippen molar-refractivity contribution in [2.45, 2.75) is 39.4 Å². The average molecular weight is 422 g/mol. The molecule has 0 radical (unpaired) electrons. The Hall–Kier alpha value is -2.04. The Morgan fingerprint density at radius 3 is 2.86 bits per heavy atom. The summed E-state index contributed by atoms with van der Waals surface area (Å²) in [4.78, 5) is 7.55. The summed E-state index contributed by atoms with van der Waals surface area (Å²) in [7, 11) is -0.951. The van der Waals surface area contributed by atoms with Crippen LogP contribution < -0.4 is 0 Å². The monoisotopic (exact) mass is 421 g/mol. The molecule has 0 aromatic carbocycles. The molecule has 0 aliphatic carbocycles. The lowest BCUT2D eigenvalue weighted by Gasteiger charge is -2.15. The quantitative estimate of drug-likeness (QED) is 0.604. The van der Waals surface area contributed by atoms with Crippen molar-refractivity contribution in [3.8, 4) is 10.7 Å². The third-order valence-corrected chi connectivity index (χ3v) is 7.69. The van der Waals surface area contributed by atoms with E-state index in [2.05, 4.69) is 20.1 Å². The van der Waals surface area contributed by atoms with E-state index in [1.54, 1.807) is 11.3 Å². The van der Waals surface area contributed by atoms with E-state index < -0.39 is 9.84 Å². The summed E-state index contributed by atoms with van der Waals surface area (Å²) >= 11 is 1.58. The molecule has 1 atom stereocenters. The molecule has 4 rings (SSSR count). The Morgan fingerprint density at radius 1 is 1.36 bits per heavy atom. The van der Waals surface area contributed by atoms with Crippen molar-refractivity contribution in [1.82, 2.24) is 24.8 Å². The first-order valence-electron chi connectivity index (χ1n) is 9.12. The summed E-state index contributed by atoms with van der Waals surface area (Å²) in [5, 5.41) is 10.7. The molecular formula is C18H23N5O3S2. The molecule has 150 valence electrons. The van der Waals surface area contributed by atoms with Gasteiger partial charge in [0, 0.05) is 17.8 Å². The van der Waals surface area contributed by atoms with E-state index in [0.29, 0.717) is 31.2 Å². The smallest absolute Gasteiger partial charge is 0.241 e. The second-order valence-electron chi connectivity index (χ2n) is 7.31. The summed E-state index contributed by atoms with van der Waals surface area (Å²) in [5.41, 5.74) is 3.07. The Kier molecular flexibility index (Phi) is 5.11. The van der Waals surface area contributed by atoms with E-state index in [9.17, 15) is 8.42 Å². The largest absolute Gasteiger partial charge is 0.338 e. The van der Waals surface area contributed by atoms with Gasteiger partial charge in [0.2, 0.25) is 11.7 Å². The van der Waals surface area contributed by atoms with E-state index in [-0.39, 0.29) is 17.5 Å². The lowest BCUT2D eigenvalue weighted by molar-refractivity contribution is 0.260. The number of hydrogen-bond donors (Lipinski definition) is 0. The van der Waals surface area contributed by atoms with Gasteiger partial charge in [-0.2, -0.15) is 10.1 Å². The number of aryl methyl sites for hydroxylation is 1. The predicted octanol–water partition coefficient (Wildman–Crippen LogP) is 2.60. The minimum Gasteiger partial charge on any atom is -0.338 e. The maximum atomic E-state index is 11.8. The topological polar surface area (TPSA) is 94.1 Å². The second-order valence-corrected chi connectivity index (χ2v) is 10.5. The number of aromatic nitrogens is 4. The van der Waals surface area contributed by atoms with Crippen molar-refractivity contribution >= 4 is 21.2 Å². The molecule has 0 bridgehead atoms. The fourth-order valence-corrected chi connectivity index (χ4v) is 5.97. The van der Waals surface area contributed by atoms with Gasteiger partial charge in [-0.15, -0.1) is 11.3 Å². The zero-order valence-corrected chi connectivity index (χ0v) is 17.8. The van der Waals surface area contributed by atoms with Crippen LogP contribution in [0.5, 0.6) is 0 Å². The maximum Gasteiger partial charge on any atom is 0.241 e. The van der Waals surface area contributed by atoms with Crippen molar-refractivity contribution in [3.63, 3.8) is 0 Å². The van der Waals surface area contributed by atoms with Gasteiger partial charge >= 0.3 is 0 Å². The highest BCUT2D eigenvalue weighted by Gasteiger charge is 2.31. The molecule has 1 aliphatic heterocycles. The second kappa shape index (κ2) is 7.41. The number of sulfone groups is 1. The molecule has 28 heavy (non-hydrogen) atoms. The van der Waals surface area contributed by atoms with Gasteiger partial charge in [-0.3, -0.25) is 9.58 Å². The van der Waals surface area contributed by atoms with Crippen LogP contribution in [0.15, 0.2) is 22.0 Å². The number of nitrogens with zero attached hydrogens (tertiary/aromatic N) is 5. The zero-order chi connectivity index (χ0) is 19.9. The van der Waals surface area contributed by atoms with E-state index in [4.69, 9.17) is 4.52 Å². The molecule has 10 heteroatoms. The summed E-state index contributed by atoms with van der Waals surface area (Å²) in [5.74, 6) is 1.60. The third-order valence-electron chi connectivity index (χ3n) is 5.07. The average Bonchev–Trinajstić information content (AvgIpc) is 3.39. The third kappa shape index (κ3) is 3.89. The fraction of sp³-hybridized carbons (Fsp3) is 0.500. The molecular weight excluding hydrogens is 398 g/mol. The van der Waals surface area contributed by atoms with Crippen LogP contribution in [0.1, 0.15) is 35.3 Å². The first-order valence-corrected chi connectivity index (χ1v) is 11.8. The molecule has 0 spiro atoms. The molecule has 1 saturated heterocycles. The Balaban J connectivity index is 1.45. The Morgan fingerprint density at radius 2 is 2.18 bits per heavy atom. The van der Waals surface area contributed by atoms with Crippen molar-refractivity contribution in [2.24, 2.45) is 0 Å². The van der Waals surface area contributed by atoms with Gasteiger partial charge in [-0.05, 0) is 38.8 Å². The Labute approximate surface area is 168 Å². The SMILES string of the molecule is Cc1nn(C2CCS(=O)(=O)C2)c(C)c1CN(C)Cc1nc(-c2cccs2)no1. The van der Waals surface area contributed by atoms with Crippen LogP contribution in [-0.4, -0.2) is 51.8 Å². The molecule has 0 amide bonds. The zero-order valence-electron chi connectivity index (χ0n) is 16.1. The van der Waals surface area contributed by atoms with Gasteiger partial charge in [0.15, 0.2) is 9.84 Å². The molecule has 3 aromatic rings. The Bertz CT molecular complexity index is 1070. The van der Waals surface area contributed by atoms with Crippen molar-refractivity contribution < 1.29 is 12.9 Å². The van der Waals surface area contributed by atoms with Crippen LogP contribution in [-0.2, 0) is 22.9 Å². The maximum absolute atomic E-state index is 11.8. The number of thiophene rings is 1. The molecule has 4 heterocycles. The van der Waals surface area contributed by atoms with Crippen LogP contribution in [0.3, 0.4) is 0 Å². The first-order chi connectivity index (χ1) is 13.3. The highest BCUT2D eigenvalue weighted by molar-refractivity contribution is 7.91. The number of hydrogen-bond acceptors (Lipinski definition) is 8. The van der Waals surface area contributed by atoms with Gasteiger partial charge in [-0.25, -0.2) is 8.42 Å². The van der Waals surface area contributed by atoms with Crippen LogP contribution in [0.2, 0.25) is 0 Å². The molecule has 0 saturated carbocycles. The van der Waals surface area contributed by atoms with Gasteiger partial charge in [-0.1, -0.05) is 11.2 Å². The van der Waals surface area contributed by atoms with Crippen molar-refractivity contribution in [1.29, 1.82) is 0 Å². The van der Waals surface area contributed by atoms with Crippen LogP contribution in [0.25, 0.3) is 10.7 Å². The van der Waals surface area contributed by atoms with Gasteiger partial charge in [0.1, 0.15) is 0 Å². The van der Waals surface area contributed by atoms with Crippen molar-refractivity contribution in [3.05, 3.63) is 40.4 Å². The first kappa shape index (κ1) is 19.3. The van der Waals surface area contributed by atoms with Crippen LogP contribution >= 0.6 is 11.3 Å². The summed E-state index contributed by atoms with van der Waals surface area (Å²) in [6.45, 7) is 5.18. The number of rotatable bonds is 6. The molecule has 0 N–H and O–H groups in total. The molecule has 3 aromatic heterocycles. The molecule has 1 aliphatic rings. The van der Waals surface area contributed by atoms with Crippen molar-refractivity contribution in [2.75, 3.05) is 18.6 Å². The van der Waals surface area contributed by atoms with E-state index in [1.807, 2.05) is 43.1 Å². The van der Waals surface area contributed by atoms with E-state index in [0.717, 1.165) is 21.8 Å². The molecule has 1 unspecified atom stereocenters. The lowest BCUT2D eigenvalue weighted by atomic mass is 10.1. The summed E-state index contributed by atoms with van der Waals surface area (Å²) in [6, 6.07) is 3.86. The minimum absolute atomic E-state index is 0.0629. The normalized spacial score (nSPS) is 18.9. The van der Waals surface area contributed by atoms with E-state index >= 15 is 0 Å². The summed E-state index contributed by atoms with van der Waals surface area (Å²) < 4.78 is 30.9. The molecule has 8 nitrogen and oxygen atoms in total. The minimum atomic E-state index is -2.94. The predicted molar refractivity (Wildman–Crippen MR) is 107 cm³/mol. The lowest BCUT2D eigenvalue weighted by Crippen LogP contribution is -2.19. The highest BCUT2D eigenvalue weighted by atomic mass is 32.2. The highest BCUT2D eigenvalue weighted by Crippen LogP contribution is 2.27. The summed E-state index contributed by atoms with van der Waals surface area (Å²) in [6.07, 6.45) is 0.632.